The van der Waals surface area contributed by atoms with E-state index in [-0.39, 0.29) is 0 Å². The molecule has 0 spiro atoms. The maximum atomic E-state index is 5.90. The van der Waals surface area contributed by atoms with E-state index in [9.17, 15) is 0 Å². The number of ether oxygens (including phenoxy) is 1. The standard InChI is InChI=1S/C11H9ClN2O/c1-8-7-9(4-5-10(8)12)15-11-3-2-6-13-14-11/h2-7H,1H3. The normalized spacial score (nSPS) is 10.0. The molecule has 4 heteroatoms. The van der Waals surface area contributed by atoms with E-state index in [1.165, 1.54) is 0 Å². The summed E-state index contributed by atoms with van der Waals surface area (Å²) < 4.78 is 5.48. The molecule has 0 fully saturated rings. The van der Waals surface area contributed by atoms with Gasteiger partial charge in [0.25, 0.3) is 0 Å². The minimum absolute atomic E-state index is 0.472. The van der Waals surface area contributed by atoms with E-state index in [0.717, 1.165) is 10.6 Å². The number of hydrogen-bond acceptors (Lipinski definition) is 3. The molecule has 0 aliphatic rings. The lowest BCUT2D eigenvalue weighted by atomic mass is 10.2. The van der Waals surface area contributed by atoms with Crippen molar-refractivity contribution in [1.29, 1.82) is 0 Å². The van der Waals surface area contributed by atoms with Gasteiger partial charge in [-0.3, -0.25) is 0 Å². The summed E-state index contributed by atoms with van der Waals surface area (Å²) in [5.41, 5.74) is 0.970. The van der Waals surface area contributed by atoms with Crippen molar-refractivity contribution in [3.05, 3.63) is 47.1 Å². The van der Waals surface area contributed by atoms with E-state index in [0.29, 0.717) is 11.6 Å². The second-order valence-corrected chi connectivity index (χ2v) is 3.48. The summed E-state index contributed by atoms with van der Waals surface area (Å²) in [4.78, 5) is 0. The van der Waals surface area contributed by atoms with E-state index >= 15 is 0 Å². The first-order valence-electron chi connectivity index (χ1n) is 4.47. The van der Waals surface area contributed by atoms with Crippen LogP contribution in [0.2, 0.25) is 5.02 Å². The van der Waals surface area contributed by atoms with Gasteiger partial charge in [0.05, 0.1) is 0 Å². The third-order valence-corrected chi connectivity index (χ3v) is 2.32. The Hall–Kier alpha value is -1.61. The number of halogens is 1. The lowest BCUT2D eigenvalue weighted by molar-refractivity contribution is 0.455. The van der Waals surface area contributed by atoms with Crippen LogP contribution in [0.5, 0.6) is 11.6 Å². The van der Waals surface area contributed by atoms with Crippen LogP contribution in [0.25, 0.3) is 0 Å². The van der Waals surface area contributed by atoms with Gasteiger partial charge in [-0.05, 0) is 36.8 Å². The molecule has 1 heterocycles. The van der Waals surface area contributed by atoms with Crippen LogP contribution in [0.4, 0.5) is 0 Å². The molecule has 76 valence electrons. The highest BCUT2D eigenvalue weighted by Crippen LogP contribution is 2.24. The van der Waals surface area contributed by atoms with E-state index in [2.05, 4.69) is 10.2 Å². The molecule has 0 amide bonds. The zero-order chi connectivity index (χ0) is 10.7. The molecule has 0 saturated carbocycles. The first-order valence-corrected chi connectivity index (χ1v) is 4.85. The van der Waals surface area contributed by atoms with Crippen molar-refractivity contribution >= 4 is 11.6 Å². The monoisotopic (exact) mass is 220 g/mol. The quantitative estimate of drug-likeness (QED) is 0.780. The van der Waals surface area contributed by atoms with Crippen molar-refractivity contribution in [2.24, 2.45) is 0 Å². The fourth-order valence-electron chi connectivity index (χ4n) is 1.14. The highest BCUT2D eigenvalue weighted by atomic mass is 35.5. The Kier molecular flexibility index (Phi) is 2.83. The minimum Gasteiger partial charge on any atom is -0.438 e. The molecule has 0 aliphatic carbocycles. The average molecular weight is 221 g/mol. The summed E-state index contributed by atoms with van der Waals surface area (Å²) in [5.74, 6) is 1.18. The molecule has 0 N–H and O–H groups in total. The van der Waals surface area contributed by atoms with Gasteiger partial charge in [0.2, 0.25) is 5.88 Å². The van der Waals surface area contributed by atoms with Crippen molar-refractivity contribution in [1.82, 2.24) is 10.2 Å². The van der Waals surface area contributed by atoms with Gasteiger partial charge in [-0.1, -0.05) is 11.6 Å². The number of aromatic nitrogens is 2. The van der Waals surface area contributed by atoms with Gasteiger partial charge in [-0.15, -0.1) is 5.10 Å². The molecular formula is C11H9ClN2O. The first kappa shape index (κ1) is 9.93. The van der Waals surface area contributed by atoms with Gasteiger partial charge in [0.1, 0.15) is 5.75 Å². The second kappa shape index (κ2) is 4.28. The Balaban J connectivity index is 2.22. The van der Waals surface area contributed by atoms with Crippen molar-refractivity contribution in [2.45, 2.75) is 6.92 Å². The molecule has 0 saturated heterocycles. The molecule has 2 rings (SSSR count). The minimum atomic E-state index is 0.472. The van der Waals surface area contributed by atoms with E-state index in [4.69, 9.17) is 16.3 Å². The number of aryl methyl sites for hydroxylation is 1. The maximum Gasteiger partial charge on any atom is 0.238 e. The topological polar surface area (TPSA) is 35.0 Å². The van der Waals surface area contributed by atoms with Crippen LogP contribution in [0, 0.1) is 6.92 Å². The summed E-state index contributed by atoms with van der Waals surface area (Å²) in [7, 11) is 0. The Morgan fingerprint density at radius 1 is 1.27 bits per heavy atom. The Bertz CT molecular complexity index is 459. The van der Waals surface area contributed by atoms with Crippen LogP contribution < -0.4 is 4.74 Å². The molecule has 1 aromatic carbocycles. The fourth-order valence-corrected chi connectivity index (χ4v) is 1.26. The molecule has 0 bridgehead atoms. The fraction of sp³-hybridized carbons (Fsp3) is 0.0909. The summed E-state index contributed by atoms with van der Waals surface area (Å²) in [6.45, 7) is 1.92. The van der Waals surface area contributed by atoms with Crippen LogP contribution >= 0.6 is 11.6 Å². The largest absolute Gasteiger partial charge is 0.438 e. The van der Waals surface area contributed by atoms with E-state index < -0.39 is 0 Å². The van der Waals surface area contributed by atoms with Gasteiger partial charge in [0, 0.05) is 17.3 Å². The summed E-state index contributed by atoms with van der Waals surface area (Å²) in [6, 6.07) is 8.96. The number of benzene rings is 1. The van der Waals surface area contributed by atoms with Crippen LogP contribution in [0.3, 0.4) is 0 Å². The van der Waals surface area contributed by atoms with Crippen LogP contribution in [-0.2, 0) is 0 Å². The predicted molar refractivity (Wildman–Crippen MR) is 58.3 cm³/mol. The van der Waals surface area contributed by atoms with Crippen LogP contribution in [0.15, 0.2) is 36.5 Å². The van der Waals surface area contributed by atoms with Gasteiger partial charge in [0.15, 0.2) is 0 Å². The molecule has 0 radical (unpaired) electrons. The van der Waals surface area contributed by atoms with E-state index in [1.807, 2.05) is 13.0 Å². The lowest BCUT2D eigenvalue weighted by Gasteiger charge is -2.05. The SMILES string of the molecule is Cc1cc(Oc2cccnn2)ccc1Cl. The predicted octanol–water partition coefficient (Wildman–Crippen LogP) is 3.23. The number of hydrogen-bond donors (Lipinski definition) is 0. The smallest absolute Gasteiger partial charge is 0.238 e. The van der Waals surface area contributed by atoms with Gasteiger partial charge in [-0.25, -0.2) is 0 Å². The number of nitrogens with zero attached hydrogens (tertiary/aromatic N) is 2. The zero-order valence-electron chi connectivity index (χ0n) is 8.14. The lowest BCUT2D eigenvalue weighted by Crippen LogP contribution is -1.89. The molecule has 3 nitrogen and oxygen atoms in total. The molecule has 0 aliphatic heterocycles. The maximum absolute atomic E-state index is 5.90. The molecule has 2 aromatic rings. The summed E-state index contributed by atoms with van der Waals surface area (Å²) >= 11 is 5.90. The molecule has 0 unspecified atom stereocenters. The Labute approximate surface area is 92.7 Å². The van der Waals surface area contributed by atoms with Crippen molar-refractivity contribution < 1.29 is 4.74 Å². The number of rotatable bonds is 2. The molecule has 0 atom stereocenters. The van der Waals surface area contributed by atoms with Gasteiger partial charge < -0.3 is 4.74 Å². The molecule has 15 heavy (non-hydrogen) atoms. The Morgan fingerprint density at radius 3 is 2.80 bits per heavy atom. The molecular weight excluding hydrogens is 212 g/mol. The third-order valence-electron chi connectivity index (χ3n) is 1.90. The highest BCUT2D eigenvalue weighted by molar-refractivity contribution is 6.31. The van der Waals surface area contributed by atoms with Crippen molar-refractivity contribution in [3.8, 4) is 11.6 Å². The first-order chi connectivity index (χ1) is 7.25. The Morgan fingerprint density at radius 2 is 2.13 bits per heavy atom. The van der Waals surface area contributed by atoms with Crippen LogP contribution in [-0.4, -0.2) is 10.2 Å². The zero-order valence-corrected chi connectivity index (χ0v) is 8.90. The van der Waals surface area contributed by atoms with E-state index in [1.54, 1.807) is 30.5 Å². The molecule has 1 aromatic heterocycles. The summed E-state index contributed by atoms with van der Waals surface area (Å²) in [6.07, 6.45) is 1.60. The second-order valence-electron chi connectivity index (χ2n) is 3.07. The van der Waals surface area contributed by atoms with Crippen LogP contribution in [0.1, 0.15) is 5.56 Å². The van der Waals surface area contributed by atoms with Crippen molar-refractivity contribution in [2.75, 3.05) is 0 Å². The average Bonchev–Trinajstić information content (AvgIpc) is 2.25. The van der Waals surface area contributed by atoms with Crippen molar-refractivity contribution in [3.63, 3.8) is 0 Å². The van der Waals surface area contributed by atoms with Gasteiger partial charge in [-0.2, -0.15) is 5.10 Å². The third kappa shape index (κ3) is 2.44. The highest BCUT2D eigenvalue weighted by Gasteiger charge is 2.00. The van der Waals surface area contributed by atoms with Gasteiger partial charge >= 0.3 is 0 Å². The summed E-state index contributed by atoms with van der Waals surface area (Å²) in [5, 5.41) is 8.26.